The average Bonchev–Trinajstić information content (AvgIpc) is 3.27. The van der Waals surface area contributed by atoms with Crippen LogP contribution < -0.4 is 5.32 Å². The minimum absolute atomic E-state index is 0.0528. The SMILES string of the molecule is CCc1noc(-c2ccc(CCNC(=O)N3CCCC3)cc2)n1. The van der Waals surface area contributed by atoms with Gasteiger partial charge in [-0.15, -0.1) is 0 Å². The lowest BCUT2D eigenvalue weighted by atomic mass is 10.1. The number of nitrogens with zero attached hydrogens (tertiary/aromatic N) is 3. The molecule has 0 bridgehead atoms. The summed E-state index contributed by atoms with van der Waals surface area (Å²) in [6, 6.07) is 8.08. The van der Waals surface area contributed by atoms with Crippen LogP contribution in [0.3, 0.4) is 0 Å². The highest BCUT2D eigenvalue weighted by Crippen LogP contribution is 2.18. The molecule has 0 saturated carbocycles. The highest BCUT2D eigenvalue weighted by molar-refractivity contribution is 5.74. The molecule has 0 spiro atoms. The van der Waals surface area contributed by atoms with E-state index in [-0.39, 0.29) is 6.03 Å². The minimum Gasteiger partial charge on any atom is -0.338 e. The molecule has 0 radical (unpaired) electrons. The normalized spacial score (nSPS) is 14.2. The molecule has 2 amide bonds. The number of aromatic nitrogens is 2. The lowest BCUT2D eigenvalue weighted by Gasteiger charge is -2.16. The van der Waals surface area contributed by atoms with E-state index in [4.69, 9.17) is 4.52 Å². The molecule has 0 atom stereocenters. The second-order valence-electron chi connectivity index (χ2n) is 5.74. The first-order valence-corrected chi connectivity index (χ1v) is 8.21. The first kappa shape index (κ1) is 15.5. The number of hydrogen-bond donors (Lipinski definition) is 1. The number of amides is 2. The van der Waals surface area contributed by atoms with Crippen LogP contribution in [-0.2, 0) is 12.8 Å². The van der Waals surface area contributed by atoms with Gasteiger partial charge < -0.3 is 14.7 Å². The molecule has 122 valence electrons. The summed E-state index contributed by atoms with van der Waals surface area (Å²) in [7, 11) is 0. The number of carbonyl (C=O) groups excluding carboxylic acids is 1. The van der Waals surface area contributed by atoms with Crippen LogP contribution in [0.4, 0.5) is 4.79 Å². The molecule has 1 aromatic heterocycles. The molecule has 0 aliphatic carbocycles. The van der Waals surface area contributed by atoms with Crippen molar-refractivity contribution >= 4 is 6.03 Å². The lowest BCUT2D eigenvalue weighted by molar-refractivity contribution is 0.209. The summed E-state index contributed by atoms with van der Waals surface area (Å²) in [6.45, 7) is 4.40. The lowest BCUT2D eigenvalue weighted by Crippen LogP contribution is -2.38. The molecular weight excluding hydrogens is 292 g/mol. The molecule has 6 heteroatoms. The van der Waals surface area contributed by atoms with Crippen LogP contribution in [0.2, 0.25) is 0 Å². The first-order valence-electron chi connectivity index (χ1n) is 8.21. The van der Waals surface area contributed by atoms with E-state index >= 15 is 0 Å². The van der Waals surface area contributed by atoms with Crippen LogP contribution >= 0.6 is 0 Å². The van der Waals surface area contributed by atoms with E-state index in [1.54, 1.807) is 0 Å². The molecular formula is C17H22N4O2. The predicted molar refractivity (Wildman–Crippen MR) is 87.0 cm³/mol. The number of carbonyl (C=O) groups is 1. The fourth-order valence-corrected chi connectivity index (χ4v) is 2.67. The van der Waals surface area contributed by atoms with Gasteiger partial charge in [0.1, 0.15) is 0 Å². The number of likely N-dealkylation sites (tertiary alicyclic amines) is 1. The molecule has 1 fully saturated rings. The zero-order valence-electron chi connectivity index (χ0n) is 13.4. The quantitative estimate of drug-likeness (QED) is 0.921. The van der Waals surface area contributed by atoms with Crippen molar-refractivity contribution in [3.05, 3.63) is 35.7 Å². The number of benzene rings is 1. The van der Waals surface area contributed by atoms with Crippen LogP contribution in [0.15, 0.2) is 28.8 Å². The smallest absolute Gasteiger partial charge is 0.317 e. The summed E-state index contributed by atoms with van der Waals surface area (Å²) in [5.41, 5.74) is 2.09. The average molecular weight is 314 g/mol. The van der Waals surface area contributed by atoms with Gasteiger partial charge in [0.2, 0.25) is 0 Å². The van der Waals surface area contributed by atoms with Crippen molar-refractivity contribution in [1.29, 1.82) is 0 Å². The number of aryl methyl sites for hydroxylation is 1. The second-order valence-corrected chi connectivity index (χ2v) is 5.74. The molecule has 1 saturated heterocycles. The van der Waals surface area contributed by atoms with Gasteiger partial charge in [0.05, 0.1) is 0 Å². The van der Waals surface area contributed by atoms with Crippen LogP contribution in [0.25, 0.3) is 11.5 Å². The van der Waals surface area contributed by atoms with Crippen LogP contribution in [0.1, 0.15) is 31.2 Å². The third-order valence-electron chi connectivity index (χ3n) is 4.07. The molecule has 0 unspecified atom stereocenters. The summed E-state index contributed by atoms with van der Waals surface area (Å²) in [5, 5.41) is 6.88. The van der Waals surface area contributed by atoms with Crippen LogP contribution in [0, 0.1) is 0 Å². The monoisotopic (exact) mass is 314 g/mol. The second kappa shape index (κ2) is 7.26. The van der Waals surface area contributed by atoms with Gasteiger partial charge in [-0.3, -0.25) is 0 Å². The molecule has 3 rings (SSSR count). The highest BCUT2D eigenvalue weighted by atomic mass is 16.5. The summed E-state index contributed by atoms with van der Waals surface area (Å²) >= 11 is 0. The Balaban J connectivity index is 1.50. The number of nitrogens with one attached hydrogen (secondary N) is 1. The van der Waals surface area contributed by atoms with Crippen molar-refractivity contribution in [2.75, 3.05) is 19.6 Å². The third-order valence-corrected chi connectivity index (χ3v) is 4.07. The maximum atomic E-state index is 11.9. The summed E-state index contributed by atoms with van der Waals surface area (Å²) in [5.74, 6) is 1.27. The molecule has 1 N–H and O–H groups in total. The van der Waals surface area contributed by atoms with Gasteiger partial charge in [-0.25, -0.2) is 4.79 Å². The van der Waals surface area contributed by atoms with Crippen molar-refractivity contribution in [3.8, 4) is 11.5 Å². The van der Waals surface area contributed by atoms with Gasteiger partial charge in [0.15, 0.2) is 5.82 Å². The predicted octanol–water partition coefficient (Wildman–Crippen LogP) is 2.65. The topological polar surface area (TPSA) is 71.3 Å². The van der Waals surface area contributed by atoms with Crippen molar-refractivity contribution in [2.24, 2.45) is 0 Å². The number of urea groups is 1. The molecule has 1 aromatic carbocycles. The Bertz CT molecular complexity index is 645. The molecule has 1 aliphatic rings. The van der Waals surface area contributed by atoms with Crippen molar-refractivity contribution < 1.29 is 9.32 Å². The van der Waals surface area contributed by atoms with E-state index < -0.39 is 0 Å². The van der Waals surface area contributed by atoms with Gasteiger partial charge in [0.25, 0.3) is 5.89 Å². The van der Waals surface area contributed by atoms with Crippen LogP contribution in [0.5, 0.6) is 0 Å². The number of hydrogen-bond acceptors (Lipinski definition) is 4. The fourth-order valence-electron chi connectivity index (χ4n) is 2.67. The zero-order chi connectivity index (χ0) is 16.1. The van der Waals surface area contributed by atoms with E-state index in [0.29, 0.717) is 18.3 Å². The Hall–Kier alpha value is -2.37. The van der Waals surface area contributed by atoms with Gasteiger partial charge in [-0.05, 0) is 37.0 Å². The van der Waals surface area contributed by atoms with E-state index in [9.17, 15) is 4.79 Å². The van der Waals surface area contributed by atoms with Crippen LogP contribution in [-0.4, -0.2) is 40.7 Å². The van der Waals surface area contributed by atoms with E-state index in [0.717, 1.165) is 44.3 Å². The maximum Gasteiger partial charge on any atom is 0.317 e. The Kier molecular flexibility index (Phi) is 4.90. The molecule has 6 nitrogen and oxygen atoms in total. The Morgan fingerprint density at radius 3 is 2.65 bits per heavy atom. The molecule has 2 aromatic rings. The van der Waals surface area contributed by atoms with E-state index in [2.05, 4.69) is 15.5 Å². The van der Waals surface area contributed by atoms with Crippen molar-refractivity contribution in [1.82, 2.24) is 20.4 Å². The highest BCUT2D eigenvalue weighted by Gasteiger charge is 2.16. The van der Waals surface area contributed by atoms with Gasteiger partial charge in [-0.2, -0.15) is 4.98 Å². The summed E-state index contributed by atoms with van der Waals surface area (Å²) in [4.78, 5) is 18.1. The van der Waals surface area contributed by atoms with Gasteiger partial charge >= 0.3 is 6.03 Å². The zero-order valence-corrected chi connectivity index (χ0v) is 13.4. The van der Waals surface area contributed by atoms with Crippen molar-refractivity contribution in [2.45, 2.75) is 32.6 Å². The Labute approximate surface area is 135 Å². The maximum absolute atomic E-state index is 11.9. The molecule has 1 aliphatic heterocycles. The molecule has 2 heterocycles. The van der Waals surface area contributed by atoms with E-state index in [1.807, 2.05) is 36.1 Å². The first-order chi connectivity index (χ1) is 11.3. The summed E-state index contributed by atoms with van der Waals surface area (Å²) < 4.78 is 5.23. The number of rotatable bonds is 5. The molecule has 23 heavy (non-hydrogen) atoms. The fraction of sp³-hybridized carbons (Fsp3) is 0.471. The largest absolute Gasteiger partial charge is 0.338 e. The van der Waals surface area contributed by atoms with Gasteiger partial charge in [-0.1, -0.05) is 24.2 Å². The van der Waals surface area contributed by atoms with E-state index in [1.165, 1.54) is 5.56 Å². The third kappa shape index (κ3) is 3.88. The standard InChI is InChI=1S/C17H22N4O2/c1-2-15-19-16(23-20-15)14-7-5-13(6-8-14)9-10-18-17(22)21-11-3-4-12-21/h5-8H,2-4,9-12H2,1H3,(H,18,22). The Morgan fingerprint density at radius 1 is 1.26 bits per heavy atom. The van der Waals surface area contributed by atoms with Crippen molar-refractivity contribution in [3.63, 3.8) is 0 Å². The summed E-state index contributed by atoms with van der Waals surface area (Å²) in [6.07, 6.45) is 3.80. The van der Waals surface area contributed by atoms with Gasteiger partial charge in [0, 0.05) is 31.6 Å². The minimum atomic E-state index is 0.0528. The Morgan fingerprint density at radius 2 is 2.00 bits per heavy atom.